The van der Waals surface area contributed by atoms with E-state index < -0.39 is 0 Å². The molecule has 13 nitrogen and oxygen atoms in total. The van der Waals surface area contributed by atoms with Gasteiger partial charge in [-0.05, 0) is 37.1 Å². The number of carbonyl (C=O) groups is 1. The van der Waals surface area contributed by atoms with Crippen molar-refractivity contribution >= 4 is 11.7 Å². The Morgan fingerprint density at radius 1 is 0.368 bits per heavy atom. The topological polar surface area (TPSA) is 131 Å². The quantitative estimate of drug-likeness (QED) is 0.0515. The molecule has 0 aliphatic heterocycles. The van der Waals surface area contributed by atoms with E-state index in [1.807, 2.05) is 12.1 Å². The molecule has 334 valence electrons. The fourth-order valence-electron chi connectivity index (χ4n) is 5.36. The molecule has 0 aliphatic rings. The van der Waals surface area contributed by atoms with E-state index >= 15 is 0 Å². The Morgan fingerprint density at radius 2 is 0.667 bits per heavy atom. The molecule has 1 N–H and O–H groups in total. The summed E-state index contributed by atoms with van der Waals surface area (Å²) in [6.07, 6.45) is 17.1. The highest BCUT2D eigenvalue weighted by Gasteiger charge is 2.07. The number of nitrogens with one attached hydrogen (secondary N) is 1. The lowest BCUT2D eigenvalue weighted by Gasteiger charge is -2.09. The summed E-state index contributed by atoms with van der Waals surface area (Å²) in [7, 11) is 0. The van der Waals surface area contributed by atoms with Crippen molar-refractivity contribution in [3.63, 3.8) is 0 Å². The van der Waals surface area contributed by atoms with E-state index in [9.17, 15) is 4.79 Å². The number of rotatable bonds is 47. The summed E-state index contributed by atoms with van der Waals surface area (Å²) < 4.78 is 60.5. The van der Waals surface area contributed by atoms with E-state index in [1.165, 1.54) is 64.2 Å². The van der Waals surface area contributed by atoms with Crippen LogP contribution in [0.3, 0.4) is 0 Å². The van der Waals surface area contributed by atoms with Crippen molar-refractivity contribution < 1.29 is 56.9 Å². The first-order chi connectivity index (χ1) is 28.3. The van der Waals surface area contributed by atoms with Crippen molar-refractivity contribution in [1.82, 2.24) is 0 Å². The van der Waals surface area contributed by atoms with Gasteiger partial charge >= 0.3 is 5.97 Å². The minimum absolute atomic E-state index is 0.192. The standard InChI is InChI=1S/C44H81NO12/c1-3-5-7-8-9-10-11-12-13-14-15-21-47-22-23-48-24-25-49-26-27-50-28-29-51-30-31-52-32-33-53-34-35-54-36-37-55-38-39-56-40-41-57-44(46)42-16-18-43(19-17-42)45-20-6-4-2/h16-19,45H,3-15,20-41H2,1-2H3. The van der Waals surface area contributed by atoms with Crippen LogP contribution in [-0.2, 0) is 52.1 Å². The number of ether oxygens (including phenoxy) is 11. The number of carbonyl (C=O) groups excluding carboxylic acids is 1. The Morgan fingerprint density at radius 3 is 1.02 bits per heavy atom. The summed E-state index contributed by atoms with van der Waals surface area (Å²) in [4.78, 5) is 12.1. The molecule has 0 aliphatic carbocycles. The zero-order chi connectivity index (χ0) is 40.8. The van der Waals surface area contributed by atoms with Gasteiger partial charge in [-0.25, -0.2) is 4.79 Å². The zero-order valence-electron chi connectivity index (χ0n) is 36.0. The van der Waals surface area contributed by atoms with Crippen LogP contribution in [0, 0.1) is 0 Å². The molecule has 0 saturated heterocycles. The third kappa shape index (κ3) is 39.3. The largest absolute Gasteiger partial charge is 0.460 e. The molecular formula is C44H81NO12. The van der Waals surface area contributed by atoms with E-state index in [2.05, 4.69) is 19.2 Å². The van der Waals surface area contributed by atoms with Crippen molar-refractivity contribution in [3.05, 3.63) is 29.8 Å². The van der Waals surface area contributed by atoms with Crippen LogP contribution in [0.15, 0.2) is 24.3 Å². The van der Waals surface area contributed by atoms with Gasteiger partial charge in [-0.2, -0.15) is 0 Å². The van der Waals surface area contributed by atoms with Gasteiger partial charge in [-0.3, -0.25) is 0 Å². The normalized spacial score (nSPS) is 11.4. The lowest BCUT2D eigenvalue weighted by molar-refractivity contribution is -0.0271. The van der Waals surface area contributed by atoms with Gasteiger partial charge in [0, 0.05) is 18.8 Å². The van der Waals surface area contributed by atoms with Crippen LogP contribution in [0.25, 0.3) is 0 Å². The second kappa shape index (κ2) is 45.2. The van der Waals surface area contributed by atoms with Crippen molar-refractivity contribution in [3.8, 4) is 0 Å². The average molecular weight is 816 g/mol. The second-order valence-corrected chi connectivity index (χ2v) is 13.7. The molecule has 0 amide bonds. The number of benzene rings is 1. The average Bonchev–Trinajstić information content (AvgIpc) is 3.23. The van der Waals surface area contributed by atoms with Gasteiger partial charge in [-0.1, -0.05) is 84.5 Å². The fraction of sp³-hybridized carbons (Fsp3) is 0.841. The first-order valence-electron chi connectivity index (χ1n) is 22.1. The molecule has 0 fully saturated rings. The Balaban J connectivity index is 1.66. The van der Waals surface area contributed by atoms with E-state index in [-0.39, 0.29) is 12.6 Å². The monoisotopic (exact) mass is 816 g/mol. The number of esters is 1. The zero-order valence-corrected chi connectivity index (χ0v) is 36.0. The summed E-state index contributed by atoms with van der Waals surface area (Å²) in [6.45, 7) is 15.9. The highest BCUT2D eigenvalue weighted by atomic mass is 16.6. The highest BCUT2D eigenvalue weighted by Crippen LogP contribution is 2.12. The van der Waals surface area contributed by atoms with Crippen LogP contribution < -0.4 is 5.32 Å². The van der Waals surface area contributed by atoms with Gasteiger partial charge in [0.1, 0.15) is 6.61 Å². The molecule has 0 bridgehead atoms. The highest BCUT2D eigenvalue weighted by molar-refractivity contribution is 5.89. The molecule has 0 spiro atoms. The first-order valence-corrected chi connectivity index (χ1v) is 22.1. The lowest BCUT2D eigenvalue weighted by Crippen LogP contribution is -2.15. The van der Waals surface area contributed by atoms with E-state index in [4.69, 9.17) is 52.1 Å². The molecule has 0 unspecified atom stereocenters. The molecule has 0 radical (unpaired) electrons. The summed E-state index contributed by atoms with van der Waals surface area (Å²) in [6, 6.07) is 7.31. The predicted molar refractivity (Wildman–Crippen MR) is 225 cm³/mol. The second-order valence-electron chi connectivity index (χ2n) is 13.7. The van der Waals surface area contributed by atoms with Crippen molar-refractivity contribution in [2.75, 3.05) is 151 Å². The van der Waals surface area contributed by atoms with Crippen LogP contribution in [0.1, 0.15) is 108 Å². The first kappa shape index (κ1) is 53.1. The maximum atomic E-state index is 12.1. The Kier molecular flexibility index (Phi) is 42.1. The minimum Gasteiger partial charge on any atom is -0.460 e. The lowest BCUT2D eigenvalue weighted by atomic mass is 10.1. The molecule has 1 aromatic carbocycles. The predicted octanol–water partition coefficient (Wildman–Crippen LogP) is 7.53. The van der Waals surface area contributed by atoms with Gasteiger partial charge in [0.15, 0.2) is 0 Å². The molecule has 0 saturated carbocycles. The van der Waals surface area contributed by atoms with Crippen LogP contribution >= 0.6 is 0 Å². The van der Waals surface area contributed by atoms with Crippen LogP contribution in [0.5, 0.6) is 0 Å². The van der Waals surface area contributed by atoms with Gasteiger partial charge in [0.25, 0.3) is 0 Å². The molecule has 1 rings (SSSR count). The molecule has 0 heterocycles. The van der Waals surface area contributed by atoms with Gasteiger partial charge < -0.3 is 57.4 Å². The maximum absolute atomic E-state index is 12.1. The summed E-state index contributed by atoms with van der Waals surface area (Å²) >= 11 is 0. The van der Waals surface area contributed by atoms with Crippen molar-refractivity contribution in [2.45, 2.75) is 97.3 Å². The van der Waals surface area contributed by atoms with Crippen molar-refractivity contribution in [1.29, 1.82) is 0 Å². The fourth-order valence-corrected chi connectivity index (χ4v) is 5.36. The summed E-state index contributed by atoms with van der Waals surface area (Å²) in [5.74, 6) is -0.358. The molecule has 1 aromatic rings. The van der Waals surface area contributed by atoms with Crippen LogP contribution in [0.2, 0.25) is 0 Å². The summed E-state index contributed by atoms with van der Waals surface area (Å²) in [5, 5.41) is 3.32. The Labute approximate surface area is 345 Å². The van der Waals surface area contributed by atoms with E-state index in [0.29, 0.717) is 131 Å². The maximum Gasteiger partial charge on any atom is 0.338 e. The van der Waals surface area contributed by atoms with Crippen LogP contribution in [0.4, 0.5) is 5.69 Å². The third-order valence-corrected chi connectivity index (χ3v) is 8.68. The molecule has 13 heteroatoms. The SMILES string of the molecule is CCCCCCCCCCCCCOCCOCCOCCOCCOCCOCCOCCOCCOCCOCCOC(=O)c1ccc(NCCCC)cc1. The minimum atomic E-state index is -0.358. The Bertz CT molecular complexity index is 942. The summed E-state index contributed by atoms with van der Waals surface area (Å²) in [5.41, 5.74) is 1.52. The van der Waals surface area contributed by atoms with Gasteiger partial charge in [0.2, 0.25) is 0 Å². The number of hydrogen-bond acceptors (Lipinski definition) is 13. The molecular weight excluding hydrogens is 734 g/mol. The Hall–Kier alpha value is -1.91. The smallest absolute Gasteiger partial charge is 0.338 e. The molecule has 57 heavy (non-hydrogen) atoms. The van der Waals surface area contributed by atoms with Gasteiger partial charge in [-0.15, -0.1) is 0 Å². The number of unbranched alkanes of at least 4 members (excludes halogenated alkanes) is 11. The molecule has 0 atom stereocenters. The third-order valence-electron chi connectivity index (χ3n) is 8.68. The molecule has 0 aromatic heterocycles. The van der Waals surface area contributed by atoms with Gasteiger partial charge in [0.05, 0.1) is 131 Å². The number of anilines is 1. The van der Waals surface area contributed by atoms with E-state index in [0.717, 1.165) is 38.1 Å². The van der Waals surface area contributed by atoms with Crippen LogP contribution in [-0.4, -0.2) is 151 Å². The van der Waals surface area contributed by atoms with E-state index in [1.54, 1.807) is 12.1 Å². The van der Waals surface area contributed by atoms with Crippen molar-refractivity contribution in [2.24, 2.45) is 0 Å². The number of hydrogen-bond donors (Lipinski definition) is 1.